The molecule has 0 aliphatic heterocycles. The van der Waals surface area contributed by atoms with E-state index >= 15 is 0 Å². The number of hydrogen-bond acceptors (Lipinski definition) is 3. The average molecular weight is 206 g/mol. The van der Waals surface area contributed by atoms with Crippen molar-refractivity contribution in [3.05, 3.63) is 35.4 Å². The first kappa shape index (κ1) is 10.6. The van der Waals surface area contributed by atoms with Gasteiger partial charge in [0.2, 0.25) is 0 Å². The van der Waals surface area contributed by atoms with Crippen LogP contribution in [0.5, 0.6) is 0 Å². The zero-order valence-electron chi connectivity index (χ0n) is 7.53. The second kappa shape index (κ2) is 5.30. The van der Waals surface area contributed by atoms with Gasteiger partial charge in [-0.3, -0.25) is 4.79 Å². The van der Waals surface area contributed by atoms with Crippen molar-refractivity contribution in [2.75, 3.05) is 12.3 Å². The van der Waals surface area contributed by atoms with Crippen LogP contribution in [0, 0.1) is 11.3 Å². The van der Waals surface area contributed by atoms with E-state index in [0.29, 0.717) is 23.4 Å². The van der Waals surface area contributed by atoms with E-state index < -0.39 is 0 Å². The van der Waals surface area contributed by atoms with E-state index in [1.54, 1.807) is 24.3 Å². The smallest absolute Gasteiger partial charge is 0.251 e. The van der Waals surface area contributed by atoms with Crippen molar-refractivity contribution >= 4 is 18.5 Å². The summed E-state index contributed by atoms with van der Waals surface area (Å²) in [7, 11) is 0. The Morgan fingerprint density at radius 1 is 1.43 bits per heavy atom. The molecular formula is C10H10N2OS. The molecule has 14 heavy (non-hydrogen) atoms. The number of carbonyl (C=O) groups excluding carboxylic acids is 1. The largest absolute Gasteiger partial charge is 0.351 e. The summed E-state index contributed by atoms with van der Waals surface area (Å²) in [5, 5.41) is 11.2. The third-order valence-corrected chi connectivity index (χ3v) is 1.90. The highest BCUT2D eigenvalue weighted by molar-refractivity contribution is 7.80. The molecule has 1 aromatic rings. The highest BCUT2D eigenvalue weighted by Crippen LogP contribution is 2.02. The molecule has 72 valence electrons. The van der Waals surface area contributed by atoms with E-state index in [2.05, 4.69) is 17.9 Å². The first-order valence-electron chi connectivity index (χ1n) is 4.17. The fourth-order valence-electron chi connectivity index (χ4n) is 0.968. The van der Waals surface area contributed by atoms with Crippen molar-refractivity contribution in [3.8, 4) is 6.07 Å². The highest BCUT2D eigenvalue weighted by Gasteiger charge is 2.03. The Balaban J connectivity index is 2.68. The average Bonchev–Trinajstić information content (AvgIpc) is 2.26. The summed E-state index contributed by atoms with van der Waals surface area (Å²) in [5.74, 6) is 0.478. The second-order valence-electron chi connectivity index (χ2n) is 2.67. The molecule has 0 aliphatic rings. The third kappa shape index (κ3) is 2.79. The summed E-state index contributed by atoms with van der Waals surface area (Å²) in [6, 6.07) is 8.50. The number of nitriles is 1. The Bertz CT molecular complexity index is 353. The molecule has 1 aromatic carbocycles. The number of hydrogen-bond donors (Lipinski definition) is 2. The molecule has 0 aliphatic carbocycles. The number of thiol groups is 1. The number of amides is 1. The van der Waals surface area contributed by atoms with Crippen molar-refractivity contribution in [1.82, 2.24) is 5.32 Å². The quantitative estimate of drug-likeness (QED) is 0.730. The number of rotatable bonds is 3. The lowest BCUT2D eigenvalue weighted by atomic mass is 10.1. The predicted octanol–water partition coefficient (Wildman–Crippen LogP) is 1.22. The van der Waals surface area contributed by atoms with Gasteiger partial charge in [-0.25, -0.2) is 0 Å². The second-order valence-corrected chi connectivity index (χ2v) is 3.12. The maximum Gasteiger partial charge on any atom is 0.251 e. The molecule has 0 fully saturated rings. The minimum Gasteiger partial charge on any atom is -0.351 e. The third-order valence-electron chi connectivity index (χ3n) is 1.67. The summed E-state index contributed by atoms with van der Waals surface area (Å²) in [6.45, 7) is 0.544. The predicted molar refractivity (Wildman–Crippen MR) is 57.3 cm³/mol. The zero-order valence-corrected chi connectivity index (χ0v) is 8.42. The van der Waals surface area contributed by atoms with Crippen LogP contribution in [0.15, 0.2) is 24.3 Å². The SMILES string of the molecule is N#Cc1ccc(C(=O)NCCS)cc1. The van der Waals surface area contributed by atoms with Gasteiger partial charge in [-0.2, -0.15) is 17.9 Å². The molecule has 0 radical (unpaired) electrons. The van der Waals surface area contributed by atoms with Gasteiger partial charge in [-0.15, -0.1) is 0 Å². The first-order chi connectivity index (χ1) is 6.77. The van der Waals surface area contributed by atoms with Gasteiger partial charge in [0.15, 0.2) is 0 Å². The Morgan fingerprint density at radius 3 is 2.57 bits per heavy atom. The van der Waals surface area contributed by atoms with Gasteiger partial charge < -0.3 is 5.32 Å². The first-order valence-corrected chi connectivity index (χ1v) is 4.80. The van der Waals surface area contributed by atoms with Gasteiger partial charge in [0.25, 0.3) is 5.91 Å². The van der Waals surface area contributed by atoms with E-state index in [1.165, 1.54) is 0 Å². The molecule has 0 unspecified atom stereocenters. The molecule has 0 aromatic heterocycles. The summed E-state index contributed by atoms with van der Waals surface area (Å²) in [6.07, 6.45) is 0. The van der Waals surface area contributed by atoms with E-state index in [-0.39, 0.29) is 5.91 Å². The lowest BCUT2D eigenvalue weighted by Gasteiger charge is -2.02. The van der Waals surface area contributed by atoms with Crippen LogP contribution in [-0.4, -0.2) is 18.2 Å². The minimum absolute atomic E-state index is 0.136. The molecule has 4 heteroatoms. The molecular weight excluding hydrogens is 196 g/mol. The van der Waals surface area contributed by atoms with Gasteiger partial charge in [0, 0.05) is 17.9 Å². The lowest BCUT2D eigenvalue weighted by molar-refractivity contribution is 0.0956. The van der Waals surface area contributed by atoms with Crippen LogP contribution < -0.4 is 5.32 Å². The lowest BCUT2D eigenvalue weighted by Crippen LogP contribution is -2.25. The Labute approximate surface area is 88.2 Å². The van der Waals surface area contributed by atoms with E-state index in [0.717, 1.165) is 0 Å². The summed E-state index contributed by atoms with van der Waals surface area (Å²) < 4.78 is 0. The number of carbonyl (C=O) groups is 1. The molecule has 1 amide bonds. The number of nitrogens with one attached hydrogen (secondary N) is 1. The van der Waals surface area contributed by atoms with Crippen molar-refractivity contribution in [1.29, 1.82) is 5.26 Å². The van der Waals surface area contributed by atoms with Crippen LogP contribution in [0.3, 0.4) is 0 Å². The highest BCUT2D eigenvalue weighted by atomic mass is 32.1. The molecule has 0 atom stereocenters. The van der Waals surface area contributed by atoms with Crippen LogP contribution in [-0.2, 0) is 0 Å². The molecule has 3 nitrogen and oxygen atoms in total. The molecule has 0 spiro atoms. The monoisotopic (exact) mass is 206 g/mol. The summed E-state index contributed by atoms with van der Waals surface area (Å²) in [4.78, 5) is 11.4. The Morgan fingerprint density at radius 2 is 2.07 bits per heavy atom. The van der Waals surface area contributed by atoms with Crippen molar-refractivity contribution < 1.29 is 4.79 Å². The zero-order chi connectivity index (χ0) is 10.4. The topological polar surface area (TPSA) is 52.9 Å². The van der Waals surface area contributed by atoms with Crippen LogP contribution >= 0.6 is 12.6 Å². The molecule has 1 N–H and O–H groups in total. The van der Waals surface area contributed by atoms with Gasteiger partial charge in [-0.1, -0.05) is 0 Å². The number of nitrogens with zero attached hydrogens (tertiary/aromatic N) is 1. The molecule has 0 heterocycles. The standard InChI is InChI=1S/C10H10N2OS/c11-7-8-1-3-9(4-2-8)10(13)12-5-6-14/h1-4,14H,5-6H2,(H,12,13). The fourth-order valence-corrected chi connectivity index (χ4v) is 1.08. The van der Waals surface area contributed by atoms with Crippen molar-refractivity contribution in [2.45, 2.75) is 0 Å². The molecule has 0 saturated heterocycles. The van der Waals surface area contributed by atoms with Crippen LogP contribution in [0.4, 0.5) is 0 Å². The van der Waals surface area contributed by atoms with Crippen molar-refractivity contribution in [2.24, 2.45) is 0 Å². The maximum atomic E-state index is 11.4. The van der Waals surface area contributed by atoms with E-state index in [1.807, 2.05) is 6.07 Å². The summed E-state index contributed by atoms with van der Waals surface area (Å²) >= 11 is 3.98. The Kier molecular flexibility index (Phi) is 4.02. The van der Waals surface area contributed by atoms with Gasteiger partial charge in [0.05, 0.1) is 11.6 Å². The van der Waals surface area contributed by atoms with Gasteiger partial charge >= 0.3 is 0 Å². The fraction of sp³-hybridized carbons (Fsp3) is 0.200. The van der Waals surface area contributed by atoms with Gasteiger partial charge in [-0.05, 0) is 24.3 Å². The molecule has 0 bridgehead atoms. The maximum absolute atomic E-state index is 11.4. The molecule has 1 rings (SSSR count). The minimum atomic E-state index is -0.136. The van der Waals surface area contributed by atoms with E-state index in [9.17, 15) is 4.79 Å². The molecule has 0 saturated carbocycles. The van der Waals surface area contributed by atoms with Gasteiger partial charge in [0.1, 0.15) is 0 Å². The van der Waals surface area contributed by atoms with Crippen molar-refractivity contribution in [3.63, 3.8) is 0 Å². The normalized spacial score (nSPS) is 9.14. The Hall–Kier alpha value is -1.47. The van der Waals surface area contributed by atoms with Crippen LogP contribution in [0.2, 0.25) is 0 Å². The van der Waals surface area contributed by atoms with Crippen LogP contribution in [0.25, 0.3) is 0 Å². The van der Waals surface area contributed by atoms with Crippen LogP contribution in [0.1, 0.15) is 15.9 Å². The number of benzene rings is 1. The summed E-state index contributed by atoms with van der Waals surface area (Å²) in [5.41, 5.74) is 1.11. The van der Waals surface area contributed by atoms with E-state index in [4.69, 9.17) is 5.26 Å².